The second-order valence-electron chi connectivity index (χ2n) is 5.10. The second kappa shape index (κ2) is 3.89. The lowest BCUT2D eigenvalue weighted by Gasteiger charge is -2.12. The largest absolute Gasteiger partial charge is 0.326 e. The number of benzene rings is 1. The molecule has 1 amide bonds. The highest BCUT2D eigenvalue weighted by Gasteiger charge is 2.47. The van der Waals surface area contributed by atoms with Crippen LogP contribution < -0.4 is 5.32 Å². The molecule has 0 bridgehead atoms. The van der Waals surface area contributed by atoms with Gasteiger partial charge in [-0.3, -0.25) is 4.79 Å². The van der Waals surface area contributed by atoms with Crippen LogP contribution in [0.4, 0.5) is 5.69 Å². The van der Waals surface area contributed by atoms with E-state index >= 15 is 0 Å². The smallest absolute Gasteiger partial charge is 0.227 e. The first kappa shape index (κ1) is 10.3. The van der Waals surface area contributed by atoms with E-state index in [2.05, 4.69) is 11.4 Å². The standard InChI is InChI=1S/C14H14N2O/c15-8-9-1-3-13(4-2-9)16-14(17)12-6-10-5-11(10)7-12/h1-4,10-12H,5-7H2,(H,16,17). The normalized spacial score (nSPS) is 29.2. The SMILES string of the molecule is N#Cc1ccc(NC(=O)C2CC3CC3C2)cc1. The van der Waals surface area contributed by atoms with Crippen LogP contribution >= 0.6 is 0 Å². The number of nitrogens with zero attached hydrogens (tertiary/aromatic N) is 1. The predicted molar refractivity (Wildman–Crippen MR) is 64.1 cm³/mol. The highest BCUT2D eigenvalue weighted by molar-refractivity contribution is 5.92. The Bertz CT molecular complexity index is 476. The van der Waals surface area contributed by atoms with Crippen LogP contribution in [0.2, 0.25) is 0 Å². The Morgan fingerprint density at radius 1 is 1.18 bits per heavy atom. The molecule has 1 aromatic rings. The number of carbonyl (C=O) groups is 1. The number of nitrogens with one attached hydrogen (secondary N) is 1. The summed E-state index contributed by atoms with van der Waals surface area (Å²) in [5.41, 5.74) is 1.40. The van der Waals surface area contributed by atoms with Crippen LogP contribution in [0, 0.1) is 29.1 Å². The van der Waals surface area contributed by atoms with Gasteiger partial charge in [0.25, 0.3) is 0 Å². The van der Waals surface area contributed by atoms with E-state index in [0.717, 1.165) is 30.4 Å². The first-order chi connectivity index (χ1) is 8.26. The molecule has 86 valence electrons. The molecule has 0 aromatic heterocycles. The van der Waals surface area contributed by atoms with Gasteiger partial charge in [0.1, 0.15) is 0 Å². The average molecular weight is 226 g/mol. The molecule has 2 saturated carbocycles. The summed E-state index contributed by atoms with van der Waals surface area (Å²) in [6.45, 7) is 0. The minimum atomic E-state index is 0.141. The molecule has 17 heavy (non-hydrogen) atoms. The van der Waals surface area contributed by atoms with E-state index in [9.17, 15) is 4.79 Å². The molecule has 2 aliphatic rings. The average Bonchev–Trinajstić information content (AvgIpc) is 2.97. The number of amides is 1. The van der Waals surface area contributed by atoms with Crippen molar-refractivity contribution < 1.29 is 4.79 Å². The van der Waals surface area contributed by atoms with E-state index in [-0.39, 0.29) is 11.8 Å². The summed E-state index contributed by atoms with van der Waals surface area (Å²) in [5, 5.41) is 11.6. The van der Waals surface area contributed by atoms with Crippen LogP contribution in [-0.4, -0.2) is 5.91 Å². The third-order valence-corrected chi connectivity index (χ3v) is 3.90. The lowest BCUT2D eigenvalue weighted by atomic mass is 10.0. The topological polar surface area (TPSA) is 52.9 Å². The quantitative estimate of drug-likeness (QED) is 0.842. The van der Waals surface area contributed by atoms with Gasteiger partial charge in [0.15, 0.2) is 0 Å². The maximum absolute atomic E-state index is 12.0. The number of anilines is 1. The van der Waals surface area contributed by atoms with Crippen molar-refractivity contribution in [1.29, 1.82) is 5.26 Å². The van der Waals surface area contributed by atoms with Gasteiger partial charge in [0.05, 0.1) is 11.6 Å². The number of hydrogen-bond acceptors (Lipinski definition) is 2. The maximum Gasteiger partial charge on any atom is 0.227 e. The zero-order valence-electron chi connectivity index (χ0n) is 9.52. The molecule has 3 rings (SSSR count). The molecule has 0 spiro atoms. The third-order valence-electron chi connectivity index (χ3n) is 3.90. The molecule has 2 fully saturated rings. The third kappa shape index (κ3) is 2.03. The van der Waals surface area contributed by atoms with Crippen LogP contribution in [0.1, 0.15) is 24.8 Å². The van der Waals surface area contributed by atoms with Crippen LogP contribution in [0.25, 0.3) is 0 Å². The molecule has 3 nitrogen and oxygen atoms in total. The summed E-state index contributed by atoms with van der Waals surface area (Å²) < 4.78 is 0. The lowest BCUT2D eigenvalue weighted by molar-refractivity contribution is -0.120. The Morgan fingerprint density at radius 2 is 1.82 bits per heavy atom. The van der Waals surface area contributed by atoms with Gasteiger partial charge in [0, 0.05) is 11.6 Å². The molecule has 0 radical (unpaired) electrons. The van der Waals surface area contributed by atoms with Crippen molar-refractivity contribution in [1.82, 2.24) is 0 Å². The zero-order valence-corrected chi connectivity index (χ0v) is 9.52. The zero-order chi connectivity index (χ0) is 11.8. The van der Waals surface area contributed by atoms with Crippen molar-refractivity contribution in [2.75, 3.05) is 5.32 Å². The minimum absolute atomic E-state index is 0.141. The fraction of sp³-hybridized carbons (Fsp3) is 0.429. The molecule has 1 aromatic carbocycles. The summed E-state index contributed by atoms with van der Waals surface area (Å²) in [6.07, 6.45) is 3.46. The minimum Gasteiger partial charge on any atom is -0.326 e. The summed E-state index contributed by atoms with van der Waals surface area (Å²) in [5.74, 6) is 2.00. The molecular formula is C14H14N2O. The number of fused-ring (bicyclic) bond motifs is 1. The van der Waals surface area contributed by atoms with Crippen molar-refractivity contribution in [2.24, 2.45) is 17.8 Å². The summed E-state index contributed by atoms with van der Waals surface area (Å²) >= 11 is 0. The van der Waals surface area contributed by atoms with Gasteiger partial charge in [0.2, 0.25) is 5.91 Å². The van der Waals surface area contributed by atoms with E-state index < -0.39 is 0 Å². The highest BCUT2D eigenvalue weighted by atomic mass is 16.1. The summed E-state index contributed by atoms with van der Waals surface area (Å²) in [6, 6.07) is 9.08. The van der Waals surface area contributed by atoms with E-state index in [1.807, 2.05) is 0 Å². The van der Waals surface area contributed by atoms with Crippen LogP contribution in [0.5, 0.6) is 0 Å². The number of carbonyl (C=O) groups excluding carboxylic acids is 1. The van der Waals surface area contributed by atoms with Gasteiger partial charge in [-0.2, -0.15) is 5.26 Å². The van der Waals surface area contributed by atoms with Crippen molar-refractivity contribution in [2.45, 2.75) is 19.3 Å². The molecule has 1 N–H and O–H groups in total. The summed E-state index contributed by atoms with van der Waals surface area (Å²) in [7, 11) is 0. The first-order valence-electron chi connectivity index (χ1n) is 6.07. The van der Waals surface area contributed by atoms with Crippen LogP contribution in [0.15, 0.2) is 24.3 Å². The van der Waals surface area contributed by atoms with Gasteiger partial charge in [-0.1, -0.05) is 0 Å². The van der Waals surface area contributed by atoms with Crippen molar-refractivity contribution >= 4 is 11.6 Å². The van der Waals surface area contributed by atoms with Gasteiger partial charge < -0.3 is 5.32 Å². The Morgan fingerprint density at radius 3 is 2.41 bits per heavy atom. The van der Waals surface area contributed by atoms with Gasteiger partial charge in [-0.25, -0.2) is 0 Å². The summed E-state index contributed by atoms with van der Waals surface area (Å²) in [4.78, 5) is 12.0. The number of hydrogen-bond donors (Lipinski definition) is 1. The highest BCUT2D eigenvalue weighted by Crippen LogP contribution is 2.54. The Balaban J connectivity index is 1.62. The van der Waals surface area contributed by atoms with E-state index in [0.29, 0.717) is 5.56 Å². The van der Waals surface area contributed by atoms with Crippen LogP contribution in [0.3, 0.4) is 0 Å². The Labute approximate surface area is 100 Å². The molecule has 2 aliphatic carbocycles. The van der Waals surface area contributed by atoms with Gasteiger partial charge >= 0.3 is 0 Å². The van der Waals surface area contributed by atoms with Crippen molar-refractivity contribution in [3.63, 3.8) is 0 Å². The predicted octanol–water partition coefficient (Wildman–Crippen LogP) is 2.54. The van der Waals surface area contributed by atoms with Crippen LogP contribution in [-0.2, 0) is 4.79 Å². The molecule has 2 unspecified atom stereocenters. The molecular weight excluding hydrogens is 212 g/mol. The van der Waals surface area contributed by atoms with E-state index in [1.54, 1.807) is 24.3 Å². The molecule has 2 atom stereocenters. The lowest BCUT2D eigenvalue weighted by Crippen LogP contribution is -2.21. The van der Waals surface area contributed by atoms with Crippen molar-refractivity contribution in [3.05, 3.63) is 29.8 Å². The molecule has 0 aliphatic heterocycles. The fourth-order valence-corrected chi connectivity index (χ4v) is 2.80. The molecule has 0 heterocycles. The molecule has 3 heteroatoms. The monoisotopic (exact) mass is 226 g/mol. The Hall–Kier alpha value is -1.82. The van der Waals surface area contributed by atoms with E-state index in [4.69, 9.17) is 5.26 Å². The fourth-order valence-electron chi connectivity index (χ4n) is 2.80. The van der Waals surface area contributed by atoms with E-state index in [1.165, 1.54) is 6.42 Å². The number of rotatable bonds is 2. The van der Waals surface area contributed by atoms with Gasteiger partial charge in [-0.05, 0) is 55.4 Å². The Kier molecular flexibility index (Phi) is 2.36. The maximum atomic E-state index is 12.0. The van der Waals surface area contributed by atoms with Gasteiger partial charge in [-0.15, -0.1) is 0 Å². The second-order valence-corrected chi connectivity index (χ2v) is 5.10. The first-order valence-corrected chi connectivity index (χ1v) is 6.07. The number of nitriles is 1. The molecule has 0 saturated heterocycles. The van der Waals surface area contributed by atoms with Crippen molar-refractivity contribution in [3.8, 4) is 6.07 Å².